The fourth-order valence-electron chi connectivity index (χ4n) is 0.479. The van der Waals surface area contributed by atoms with Crippen molar-refractivity contribution in [2.24, 2.45) is 0 Å². The van der Waals surface area contributed by atoms with Gasteiger partial charge in [-0.25, -0.2) is 12.1 Å². The van der Waals surface area contributed by atoms with Crippen molar-refractivity contribution in [2.75, 3.05) is 6.61 Å². The molecule has 0 bridgehead atoms. The van der Waals surface area contributed by atoms with Gasteiger partial charge in [0.2, 0.25) is 0 Å². The quantitative estimate of drug-likeness (QED) is 0.556. The summed E-state index contributed by atoms with van der Waals surface area (Å²) in [5, 5.41) is 8.07. The van der Waals surface area contributed by atoms with Gasteiger partial charge in [0.1, 0.15) is 0 Å². The summed E-state index contributed by atoms with van der Waals surface area (Å²) in [6, 6.07) is 10.0. The van der Waals surface area contributed by atoms with Crippen molar-refractivity contribution in [3.8, 4) is 0 Å². The van der Waals surface area contributed by atoms with Crippen LogP contribution in [0.15, 0.2) is 30.3 Å². The van der Waals surface area contributed by atoms with Gasteiger partial charge in [0.25, 0.3) is 0 Å². The van der Waals surface area contributed by atoms with Crippen LogP contribution in [0.2, 0.25) is 0 Å². The number of rotatable bonds is 2. The van der Waals surface area contributed by atoms with Crippen molar-refractivity contribution in [3.63, 3.8) is 0 Å². The average molecular weight is 301 g/mol. The Morgan fingerprint density at radius 3 is 1.69 bits per heavy atom. The first-order valence-electron chi connectivity index (χ1n) is 3.69. The van der Waals surface area contributed by atoms with Crippen LogP contribution in [-0.2, 0) is 26.2 Å². The molecule has 1 rings (SSSR count). The van der Waals surface area contributed by atoms with Crippen molar-refractivity contribution in [3.05, 3.63) is 30.3 Å². The van der Waals surface area contributed by atoms with Gasteiger partial charge in [-0.1, -0.05) is 13.3 Å². The predicted molar refractivity (Wildman–Crippen MR) is 44.0 cm³/mol. The summed E-state index contributed by atoms with van der Waals surface area (Å²) < 4.78 is 0. The Balaban J connectivity index is -0.0000000506. The maximum atomic E-state index is 8.07. The molecule has 1 nitrogen and oxygen atoms in total. The van der Waals surface area contributed by atoms with E-state index < -0.39 is 0 Å². The van der Waals surface area contributed by atoms with Crippen LogP contribution in [0, 0.1) is 0 Å². The van der Waals surface area contributed by atoms with Gasteiger partial charge >= 0.3 is 26.2 Å². The van der Waals surface area contributed by atoms with Crippen LogP contribution in [0.25, 0.3) is 0 Å². The van der Waals surface area contributed by atoms with Gasteiger partial charge in [-0.05, 0) is 6.42 Å². The van der Waals surface area contributed by atoms with E-state index in [9.17, 15) is 0 Å². The van der Waals surface area contributed by atoms with E-state index in [0.717, 1.165) is 12.8 Å². The van der Waals surface area contributed by atoms with Gasteiger partial charge < -0.3 is 29.9 Å². The standard InChI is InChI=1S/C5H5.C4H10O.2ClH.Zr/c1-2-4-5-3-1;1-2-3-4-5;;;/h1-5H;5H,2-4H2,1H3;2*1H;/q-1;;;;+3/p-2. The summed E-state index contributed by atoms with van der Waals surface area (Å²) >= 11 is 0. The zero-order valence-electron chi connectivity index (χ0n) is 7.71. The van der Waals surface area contributed by atoms with Crippen molar-refractivity contribution in [2.45, 2.75) is 19.8 Å². The van der Waals surface area contributed by atoms with E-state index in [4.69, 9.17) is 5.11 Å². The minimum Gasteiger partial charge on any atom is -1.00 e. The molecule has 75 valence electrons. The Kier molecular flexibility index (Phi) is 41.6. The molecule has 1 aromatic rings. The molecule has 0 aliphatic heterocycles. The Morgan fingerprint density at radius 1 is 1.15 bits per heavy atom. The van der Waals surface area contributed by atoms with Gasteiger partial charge in [0, 0.05) is 6.61 Å². The van der Waals surface area contributed by atoms with E-state index >= 15 is 0 Å². The summed E-state index contributed by atoms with van der Waals surface area (Å²) in [7, 11) is 0. The summed E-state index contributed by atoms with van der Waals surface area (Å²) in [4.78, 5) is 0. The molecule has 4 heteroatoms. The van der Waals surface area contributed by atoms with Gasteiger partial charge in [-0.15, -0.1) is 0 Å². The first kappa shape index (κ1) is 23.5. The summed E-state index contributed by atoms with van der Waals surface area (Å²) in [5.74, 6) is 0. The molecule has 0 fully saturated rings. The van der Waals surface area contributed by atoms with Crippen molar-refractivity contribution >= 4 is 0 Å². The molecular weight excluding hydrogens is 286 g/mol. The number of halogens is 2. The minimum absolute atomic E-state index is 0. The zero-order chi connectivity index (χ0) is 7.66. The molecule has 0 atom stereocenters. The molecule has 0 saturated carbocycles. The molecule has 0 unspecified atom stereocenters. The third-order valence-electron chi connectivity index (χ3n) is 1.07. The van der Waals surface area contributed by atoms with Gasteiger partial charge in [-0.2, -0.15) is 18.2 Å². The normalized spacial score (nSPS) is 6.31. The number of aliphatic hydroxyl groups is 1. The fourth-order valence-corrected chi connectivity index (χ4v) is 0.479. The Hall–Kier alpha value is 0.773. The molecule has 1 aromatic carbocycles. The van der Waals surface area contributed by atoms with E-state index in [-0.39, 0.29) is 51.0 Å². The van der Waals surface area contributed by atoms with E-state index in [0.29, 0.717) is 6.61 Å². The first-order chi connectivity index (χ1) is 4.91. The Labute approximate surface area is 112 Å². The molecule has 13 heavy (non-hydrogen) atoms. The fraction of sp³-hybridized carbons (Fsp3) is 0.444. The topological polar surface area (TPSA) is 20.2 Å². The number of hydrogen-bond acceptors (Lipinski definition) is 1. The van der Waals surface area contributed by atoms with Crippen molar-refractivity contribution < 1.29 is 56.1 Å². The largest absolute Gasteiger partial charge is 3.00 e. The van der Waals surface area contributed by atoms with E-state index in [2.05, 4.69) is 6.92 Å². The minimum atomic E-state index is 0. The smallest absolute Gasteiger partial charge is 1.00 e. The van der Waals surface area contributed by atoms with E-state index in [1.54, 1.807) is 0 Å². The van der Waals surface area contributed by atoms with Gasteiger partial charge in [0.05, 0.1) is 0 Å². The summed E-state index contributed by atoms with van der Waals surface area (Å²) in [6.07, 6.45) is 2.04. The van der Waals surface area contributed by atoms with Crippen LogP contribution in [0.5, 0.6) is 0 Å². The molecule has 0 saturated heterocycles. The molecule has 0 aromatic heterocycles. The second-order valence-electron chi connectivity index (χ2n) is 2.04. The predicted octanol–water partition coefficient (Wildman–Crippen LogP) is -3.81. The monoisotopic (exact) mass is 299 g/mol. The number of hydrogen-bond donors (Lipinski definition) is 1. The molecule has 0 spiro atoms. The molecular formula is C9H15Cl2OZr. The second kappa shape index (κ2) is 23.0. The van der Waals surface area contributed by atoms with E-state index in [1.165, 1.54) is 0 Å². The molecule has 1 N–H and O–H groups in total. The zero-order valence-corrected chi connectivity index (χ0v) is 11.7. The number of unbranched alkanes of at least 4 members (excludes halogenated alkanes) is 1. The van der Waals surface area contributed by atoms with Crippen molar-refractivity contribution in [1.82, 2.24) is 0 Å². The third-order valence-corrected chi connectivity index (χ3v) is 1.07. The van der Waals surface area contributed by atoms with E-state index in [1.807, 2.05) is 30.3 Å². The number of aliphatic hydroxyl groups excluding tert-OH is 1. The Bertz CT molecular complexity index is 104. The SMILES string of the molecule is CCCCO.[Cl-].[Cl-].[Zr+3].c1cc[cH-]c1. The second-order valence-corrected chi connectivity index (χ2v) is 2.04. The van der Waals surface area contributed by atoms with Gasteiger partial charge in [0.15, 0.2) is 0 Å². The molecule has 0 aliphatic rings. The van der Waals surface area contributed by atoms with Gasteiger partial charge in [-0.3, -0.25) is 0 Å². The van der Waals surface area contributed by atoms with Crippen LogP contribution in [0.4, 0.5) is 0 Å². The molecule has 1 radical (unpaired) electrons. The van der Waals surface area contributed by atoms with Crippen LogP contribution in [0.1, 0.15) is 19.8 Å². The Morgan fingerprint density at radius 2 is 1.62 bits per heavy atom. The van der Waals surface area contributed by atoms with Crippen LogP contribution in [0.3, 0.4) is 0 Å². The maximum absolute atomic E-state index is 8.07. The van der Waals surface area contributed by atoms with Crippen LogP contribution < -0.4 is 24.8 Å². The molecule has 0 heterocycles. The maximum Gasteiger partial charge on any atom is 3.00 e. The molecule has 0 aliphatic carbocycles. The average Bonchev–Trinajstić information content (AvgIpc) is 2.44. The van der Waals surface area contributed by atoms with Crippen LogP contribution in [-0.4, -0.2) is 11.7 Å². The van der Waals surface area contributed by atoms with Crippen molar-refractivity contribution in [1.29, 1.82) is 0 Å². The van der Waals surface area contributed by atoms with Crippen LogP contribution >= 0.6 is 0 Å². The molecule has 0 amide bonds. The third kappa shape index (κ3) is 24.5. The summed E-state index contributed by atoms with van der Waals surface area (Å²) in [5.41, 5.74) is 0. The first-order valence-corrected chi connectivity index (χ1v) is 3.69. The summed E-state index contributed by atoms with van der Waals surface area (Å²) in [6.45, 7) is 2.40.